The van der Waals surface area contributed by atoms with E-state index >= 15 is 0 Å². The monoisotopic (exact) mass is 342 g/mol. The number of anilines is 2. The number of hydrogen-bond acceptors (Lipinski definition) is 4. The van der Waals surface area contributed by atoms with Crippen LogP contribution in [0.3, 0.4) is 0 Å². The van der Waals surface area contributed by atoms with Crippen molar-refractivity contribution in [2.45, 2.75) is 13.8 Å². The topological polar surface area (TPSA) is 43.4 Å². The summed E-state index contributed by atoms with van der Waals surface area (Å²) in [4.78, 5) is 4.44. The van der Waals surface area contributed by atoms with E-state index in [0.717, 1.165) is 22.3 Å². The third-order valence-electron chi connectivity index (χ3n) is 3.51. The van der Waals surface area contributed by atoms with E-state index in [9.17, 15) is 0 Å². The summed E-state index contributed by atoms with van der Waals surface area (Å²) < 4.78 is 11.4. The van der Waals surface area contributed by atoms with Crippen molar-refractivity contribution < 1.29 is 9.47 Å². The van der Waals surface area contributed by atoms with Gasteiger partial charge in [-0.25, -0.2) is 0 Å². The van der Waals surface area contributed by atoms with E-state index in [1.54, 1.807) is 6.20 Å². The lowest BCUT2D eigenvalue weighted by atomic mass is 10.1. The lowest BCUT2D eigenvalue weighted by Crippen LogP contribution is -2.00. The van der Waals surface area contributed by atoms with Crippen molar-refractivity contribution >= 4 is 33.9 Å². The van der Waals surface area contributed by atoms with Crippen LogP contribution < -0.4 is 14.8 Å². The van der Waals surface area contributed by atoms with Gasteiger partial charge in [0.15, 0.2) is 11.5 Å². The summed E-state index contributed by atoms with van der Waals surface area (Å²) in [7, 11) is 0. The van der Waals surface area contributed by atoms with E-state index in [2.05, 4.69) is 10.3 Å². The van der Waals surface area contributed by atoms with E-state index in [1.807, 2.05) is 56.3 Å². The Balaban J connectivity index is 2.06. The van der Waals surface area contributed by atoms with Gasteiger partial charge in [0, 0.05) is 34.0 Å². The van der Waals surface area contributed by atoms with Crippen LogP contribution in [-0.4, -0.2) is 18.2 Å². The van der Waals surface area contributed by atoms with Gasteiger partial charge in [0.1, 0.15) is 0 Å². The minimum absolute atomic E-state index is 0.572. The average molecular weight is 343 g/mol. The van der Waals surface area contributed by atoms with Crippen molar-refractivity contribution in [2.24, 2.45) is 0 Å². The Kier molecular flexibility index (Phi) is 5.06. The molecule has 0 aliphatic rings. The van der Waals surface area contributed by atoms with E-state index in [4.69, 9.17) is 21.1 Å². The maximum absolute atomic E-state index is 6.06. The molecule has 3 aromatic rings. The van der Waals surface area contributed by atoms with E-state index in [1.165, 1.54) is 0 Å². The molecule has 3 rings (SSSR count). The molecule has 0 unspecified atom stereocenters. The third-order valence-corrected chi connectivity index (χ3v) is 3.75. The third kappa shape index (κ3) is 3.54. The first-order chi connectivity index (χ1) is 11.7. The van der Waals surface area contributed by atoms with Gasteiger partial charge in [0.25, 0.3) is 0 Å². The average Bonchev–Trinajstić information content (AvgIpc) is 2.56. The van der Waals surface area contributed by atoms with Crippen molar-refractivity contribution in [2.75, 3.05) is 18.5 Å². The minimum Gasteiger partial charge on any atom is -0.490 e. The second-order valence-electron chi connectivity index (χ2n) is 5.18. The summed E-state index contributed by atoms with van der Waals surface area (Å²) in [5.74, 6) is 1.42. The van der Waals surface area contributed by atoms with Crippen LogP contribution in [-0.2, 0) is 0 Å². The van der Waals surface area contributed by atoms with E-state index in [0.29, 0.717) is 29.7 Å². The van der Waals surface area contributed by atoms with Crippen molar-refractivity contribution in [3.05, 3.63) is 53.7 Å². The highest BCUT2D eigenvalue weighted by atomic mass is 35.5. The van der Waals surface area contributed by atoms with Gasteiger partial charge in [0.05, 0.1) is 18.7 Å². The van der Waals surface area contributed by atoms with E-state index in [-0.39, 0.29) is 0 Å². The molecule has 0 spiro atoms. The summed E-state index contributed by atoms with van der Waals surface area (Å²) in [6.45, 7) is 5.05. The number of aromatic nitrogens is 1. The number of benzene rings is 2. The predicted molar refractivity (Wildman–Crippen MR) is 98.8 cm³/mol. The largest absolute Gasteiger partial charge is 0.490 e. The zero-order valence-electron chi connectivity index (χ0n) is 13.7. The highest BCUT2D eigenvalue weighted by Gasteiger charge is 2.11. The molecule has 0 amide bonds. The van der Waals surface area contributed by atoms with Crippen LogP contribution in [0.4, 0.5) is 11.4 Å². The van der Waals surface area contributed by atoms with Crippen molar-refractivity contribution in [3.63, 3.8) is 0 Å². The smallest absolute Gasteiger partial charge is 0.163 e. The molecule has 124 valence electrons. The highest BCUT2D eigenvalue weighted by molar-refractivity contribution is 6.30. The second kappa shape index (κ2) is 7.41. The van der Waals surface area contributed by atoms with Gasteiger partial charge in [0.2, 0.25) is 0 Å². The van der Waals surface area contributed by atoms with Crippen LogP contribution in [0.5, 0.6) is 11.5 Å². The quantitative estimate of drug-likeness (QED) is 0.648. The first-order valence-electron chi connectivity index (χ1n) is 7.92. The highest BCUT2D eigenvalue weighted by Crippen LogP contribution is 2.36. The Morgan fingerprint density at radius 1 is 1.00 bits per heavy atom. The Morgan fingerprint density at radius 3 is 2.46 bits per heavy atom. The van der Waals surface area contributed by atoms with Crippen LogP contribution in [0.25, 0.3) is 10.9 Å². The molecule has 4 nitrogen and oxygen atoms in total. The molecule has 0 atom stereocenters. The number of rotatable bonds is 6. The molecule has 24 heavy (non-hydrogen) atoms. The molecule has 5 heteroatoms. The fraction of sp³-hybridized carbons (Fsp3) is 0.211. The Labute approximate surface area is 146 Å². The maximum atomic E-state index is 6.06. The molecular weight excluding hydrogens is 324 g/mol. The molecule has 0 saturated carbocycles. The van der Waals surface area contributed by atoms with Crippen LogP contribution in [0.2, 0.25) is 5.02 Å². The summed E-state index contributed by atoms with van der Waals surface area (Å²) in [5, 5.41) is 5.04. The second-order valence-corrected chi connectivity index (χ2v) is 5.61. The molecule has 1 heterocycles. The van der Waals surface area contributed by atoms with Crippen molar-refractivity contribution in [3.8, 4) is 11.5 Å². The first-order valence-corrected chi connectivity index (χ1v) is 8.30. The van der Waals surface area contributed by atoms with Gasteiger partial charge < -0.3 is 14.8 Å². The predicted octanol–water partition coefficient (Wildman–Crippen LogP) is 5.43. The molecule has 1 N–H and O–H groups in total. The normalized spacial score (nSPS) is 10.6. The SMILES string of the molecule is CCOc1cc2nccc(Nc3cccc(Cl)c3)c2cc1OCC. The number of ether oxygens (including phenoxy) is 2. The fourth-order valence-corrected chi connectivity index (χ4v) is 2.71. The summed E-state index contributed by atoms with van der Waals surface area (Å²) in [5.41, 5.74) is 2.70. The fourth-order valence-electron chi connectivity index (χ4n) is 2.52. The molecule has 0 aliphatic heterocycles. The van der Waals surface area contributed by atoms with Crippen LogP contribution in [0.15, 0.2) is 48.7 Å². The number of pyridine rings is 1. The summed E-state index contributed by atoms with van der Waals surface area (Å²) in [6, 6.07) is 13.4. The Bertz CT molecular complexity index is 852. The summed E-state index contributed by atoms with van der Waals surface area (Å²) >= 11 is 6.06. The number of nitrogens with zero attached hydrogens (tertiary/aromatic N) is 1. The van der Waals surface area contributed by atoms with Gasteiger partial charge in [-0.1, -0.05) is 17.7 Å². The van der Waals surface area contributed by atoms with Gasteiger partial charge in [-0.3, -0.25) is 4.98 Å². The lowest BCUT2D eigenvalue weighted by Gasteiger charge is -2.14. The van der Waals surface area contributed by atoms with Gasteiger partial charge in [-0.15, -0.1) is 0 Å². The number of halogens is 1. The summed E-state index contributed by atoms with van der Waals surface area (Å²) in [6.07, 6.45) is 1.77. The zero-order valence-corrected chi connectivity index (χ0v) is 14.4. The van der Waals surface area contributed by atoms with Crippen molar-refractivity contribution in [1.29, 1.82) is 0 Å². The number of hydrogen-bond donors (Lipinski definition) is 1. The van der Waals surface area contributed by atoms with Crippen LogP contribution >= 0.6 is 11.6 Å². The molecule has 1 aromatic heterocycles. The molecular formula is C19H19ClN2O2. The zero-order chi connectivity index (χ0) is 16.9. The lowest BCUT2D eigenvalue weighted by molar-refractivity contribution is 0.288. The minimum atomic E-state index is 0.572. The first kappa shape index (κ1) is 16.4. The van der Waals surface area contributed by atoms with Gasteiger partial charge in [-0.05, 0) is 44.2 Å². The molecule has 0 bridgehead atoms. The van der Waals surface area contributed by atoms with Crippen LogP contribution in [0.1, 0.15) is 13.8 Å². The van der Waals surface area contributed by atoms with Gasteiger partial charge >= 0.3 is 0 Å². The molecule has 0 saturated heterocycles. The van der Waals surface area contributed by atoms with Gasteiger partial charge in [-0.2, -0.15) is 0 Å². The molecule has 0 fully saturated rings. The molecule has 0 aliphatic carbocycles. The molecule has 0 radical (unpaired) electrons. The van der Waals surface area contributed by atoms with E-state index < -0.39 is 0 Å². The van der Waals surface area contributed by atoms with Crippen LogP contribution in [0, 0.1) is 0 Å². The standard InChI is InChI=1S/C19H19ClN2O2/c1-3-23-18-11-15-16(22-14-7-5-6-13(20)10-14)8-9-21-17(15)12-19(18)24-4-2/h5-12H,3-4H2,1-2H3,(H,21,22). The van der Waals surface area contributed by atoms with Crippen molar-refractivity contribution in [1.82, 2.24) is 4.98 Å². The Hall–Kier alpha value is -2.46. The number of fused-ring (bicyclic) bond motifs is 1. The molecule has 2 aromatic carbocycles. The number of nitrogens with one attached hydrogen (secondary N) is 1. The maximum Gasteiger partial charge on any atom is 0.163 e. The Morgan fingerprint density at radius 2 is 1.75 bits per heavy atom.